The Labute approximate surface area is 103 Å². The molecule has 18 heavy (non-hydrogen) atoms. The summed E-state index contributed by atoms with van der Waals surface area (Å²) in [4.78, 5) is 4.00. The zero-order valence-electron chi connectivity index (χ0n) is 9.41. The Morgan fingerprint density at radius 3 is 2.78 bits per heavy atom. The van der Waals surface area contributed by atoms with Crippen LogP contribution in [0.1, 0.15) is 0 Å². The Kier molecular flexibility index (Phi) is 3.22. The first-order chi connectivity index (χ1) is 8.66. The molecule has 0 saturated heterocycles. The van der Waals surface area contributed by atoms with E-state index >= 15 is 0 Å². The zero-order chi connectivity index (χ0) is 13.0. The molecular formula is C12H11N5O. The van der Waals surface area contributed by atoms with E-state index in [1.165, 1.54) is 0 Å². The first kappa shape index (κ1) is 11.6. The Morgan fingerprint density at radius 2 is 2.00 bits per heavy atom. The second-order valence-electron chi connectivity index (χ2n) is 3.52. The summed E-state index contributed by atoms with van der Waals surface area (Å²) in [5, 5.41) is 18.0. The predicted molar refractivity (Wildman–Crippen MR) is 70.9 cm³/mol. The van der Waals surface area contributed by atoms with Gasteiger partial charge in [0.1, 0.15) is 11.8 Å². The molecule has 0 amide bonds. The third-order valence-corrected chi connectivity index (χ3v) is 2.22. The summed E-state index contributed by atoms with van der Waals surface area (Å²) in [5.74, 6) is 0.0135. The van der Waals surface area contributed by atoms with Crippen molar-refractivity contribution in [2.45, 2.75) is 0 Å². The van der Waals surface area contributed by atoms with E-state index < -0.39 is 0 Å². The van der Waals surface area contributed by atoms with Gasteiger partial charge in [0, 0.05) is 5.39 Å². The van der Waals surface area contributed by atoms with Gasteiger partial charge in [-0.1, -0.05) is 23.3 Å². The van der Waals surface area contributed by atoms with Crippen LogP contribution >= 0.6 is 0 Å². The topological polar surface area (TPSA) is 109 Å². The van der Waals surface area contributed by atoms with Gasteiger partial charge in [0.05, 0.1) is 5.69 Å². The molecule has 0 aliphatic rings. The Balaban J connectivity index is 2.48. The molecule has 0 aliphatic carbocycles. The van der Waals surface area contributed by atoms with Gasteiger partial charge in [0.15, 0.2) is 0 Å². The monoisotopic (exact) mass is 241 g/mol. The lowest BCUT2D eigenvalue weighted by Crippen LogP contribution is -2.21. The molecule has 0 bridgehead atoms. The number of benzene rings is 2. The molecule has 2 aromatic rings. The molecule has 0 radical (unpaired) electrons. The number of hydrogen-bond acceptors (Lipinski definition) is 4. The number of aromatic hydroxyl groups is 1. The molecule has 5 N–H and O–H groups in total. The molecule has 90 valence electrons. The summed E-state index contributed by atoms with van der Waals surface area (Å²) in [6, 6.07) is 12.9. The van der Waals surface area contributed by atoms with Crippen LogP contribution in [-0.4, -0.2) is 17.1 Å². The highest BCUT2D eigenvalue weighted by atomic mass is 16.3. The van der Waals surface area contributed by atoms with Crippen LogP contribution in [0, 0.1) is 0 Å². The Morgan fingerprint density at radius 1 is 1.17 bits per heavy atom. The summed E-state index contributed by atoms with van der Waals surface area (Å²) in [5.41, 5.74) is 10.8. The van der Waals surface area contributed by atoms with Gasteiger partial charge in [-0.05, 0) is 23.6 Å². The van der Waals surface area contributed by atoms with Gasteiger partial charge in [-0.15, -0.1) is 5.10 Å². The van der Waals surface area contributed by atoms with Crippen LogP contribution in [0.4, 0.5) is 5.69 Å². The van der Waals surface area contributed by atoms with Crippen molar-refractivity contribution >= 4 is 28.4 Å². The van der Waals surface area contributed by atoms with Crippen molar-refractivity contribution in [3.8, 4) is 5.75 Å². The van der Waals surface area contributed by atoms with Crippen LogP contribution in [0.2, 0.25) is 0 Å². The Bertz CT molecular complexity index is 667. The number of aliphatic imine (C=N–C) groups is 1. The first-order valence-electron chi connectivity index (χ1n) is 5.13. The third kappa shape index (κ3) is 2.63. The molecule has 6 heteroatoms. The summed E-state index contributed by atoms with van der Waals surface area (Å²) in [6.45, 7) is 0. The van der Waals surface area contributed by atoms with Crippen LogP contribution in [0.3, 0.4) is 0 Å². The molecule has 0 heterocycles. The minimum atomic E-state index is -0.159. The minimum Gasteiger partial charge on any atom is -0.508 e. The number of hydrogen-bond donors (Lipinski definition) is 3. The van der Waals surface area contributed by atoms with Crippen LogP contribution in [-0.2, 0) is 0 Å². The van der Waals surface area contributed by atoms with Gasteiger partial charge in [0.2, 0.25) is 5.96 Å². The summed E-state index contributed by atoms with van der Waals surface area (Å²) in [7, 11) is 0. The standard InChI is InChI=1S/C12H11N5O/c13-12(14)17-16-7-15-11-3-1-2-8-4-5-9(18)6-10(8)11/h1-6,18H,(H4,13,14,17). The smallest absolute Gasteiger partial charge is 0.212 e. The second kappa shape index (κ2) is 4.99. The van der Waals surface area contributed by atoms with E-state index in [2.05, 4.69) is 21.2 Å². The molecule has 0 unspecified atom stereocenters. The van der Waals surface area contributed by atoms with E-state index in [0.717, 1.165) is 10.8 Å². The van der Waals surface area contributed by atoms with Gasteiger partial charge in [-0.3, -0.25) is 0 Å². The van der Waals surface area contributed by atoms with Gasteiger partial charge < -0.3 is 16.6 Å². The average molecular weight is 241 g/mol. The lowest BCUT2D eigenvalue weighted by molar-refractivity contribution is 0.476. The van der Waals surface area contributed by atoms with Gasteiger partial charge in [-0.25, -0.2) is 0 Å². The van der Waals surface area contributed by atoms with E-state index in [9.17, 15) is 5.11 Å². The van der Waals surface area contributed by atoms with Crippen molar-refractivity contribution in [1.82, 2.24) is 0 Å². The number of nitrogens with two attached hydrogens (primary N) is 2. The molecule has 0 atom stereocenters. The fraction of sp³-hybridized carbons (Fsp3) is 0. The SMILES string of the molecule is NC(N)=NN=C=Nc1cccc2ccc(O)cc12. The number of phenols is 1. The van der Waals surface area contributed by atoms with Crippen LogP contribution < -0.4 is 11.5 Å². The van der Waals surface area contributed by atoms with E-state index in [-0.39, 0.29) is 11.7 Å². The fourth-order valence-electron chi connectivity index (χ4n) is 1.50. The molecule has 0 aliphatic heterocycles. The fourth-order valence-corrected chi connectivity index (χ4v) is 1.50. The first-order valence-corrected chi connectivity index (χ1v) is 5.13. The lowest BCUT2D eigenvalue weighted by atomic mass is 10.1. The summed E-state index contributed by atoms with van der Waals surface area (Å²) >= 11 is 0. The third-order valence-electron chi connectivity index (χ3n) is 2.22. The number of nitrogens with zero attached hydrogens (tertiary/aromatic N) is 3. The number of phenolic OH excluding ortho intramolecular Hbond substituents is 1. The van der Waals surface area contributed by atoms with Gasteiger partial charge >= 0.3 is 0 Å². The van der Waals surface area contributed by atoms with Crippen molar-refractivity contribution in [1.29, 1.82) is 0 Å². The second-order valence-corrected chi connectivity index (χ2v) is 3.52. The normalized spacial score (nSPS) is 9.56. The van der Waals surface area contributed by atoms with Crippen molar-refractivity contribution in [2.24, 2.45) is 26.7 Å². The maximum absolute atomic E-state index is 9.46. The van der Waals surface area contributed by atoms with Crippen molar-refractivity contribution in [3.63, 3.8) is 0 Å². The van der Waals surface area contributed by atoms with E-state index in [4.69, 9.17) is 11.5 Å². The maximum Gasteiger partial charge on any atom is 0.212 e. The average Bonchev–Trinajstić information content (AvgIpc) is 2.34. The maximum atomic E-state index is 9.46. The highest BCUT2D eigenvalue weighted by Gasteiger charge is 1.99. The quantitative estimate of drug-likeness (QED) is 0.421. The number of rotatable bonds is 2. The van der Waals surface area contributed by atoms with E-state index in [1.54, 1.807) is 24.3 Å². The molecular weight excluding hydrogens is 230 g/mol. The van der Waals surface area contributed by atoms with Crippen molar-refractivity contribution < 1.29 is 5.11 Å². The summed E-state index contributed by atoms with van der Waals surface area (Å²) in [6.07, 6.45) is 0. The van der Waals surface area contributed by atoms with Crippen molar-refractivity contribution in [3.05, 3.63) is 36.4 Å². The van der Waals surface area contributed by atoms with Crippen LogP contribution in [0.25, 0.3) is 10.8 Å². The number of fused-ring (bicyclic) bond motifs is 1. The largest absolute Gasteiger partial charge is 0.508 e. The van der Waals surface area contributed by atoms with Crippen LogP contribution in [0.15, 0.2) is 51.6 Å². The lowest BCUT2D eigenvalue weighted by Gasteiger charge is -2.00. The highest BCUT2D eigenvalue weighted by molar-refractivity contribution is 5.94. The zero-order valence-corrected chi connectivity index (χ0v) is 9.41. The predicted octanol–water partition coefficient (Wildman–Crippen LogP) is 1.54. The highest BCUT2D eigenvalue weighted by Crippen LogP contribution is 2.28. The molecule has 0 aromatic heterocycles. The molecule has 2 aromatic carbocycles. The number of guanidine groups is 1. The summed E-state index contributed by atoms with van der Waals surface area (Å²) < 4.78 is 0. The van der Waals surface area contributed by atoms with E-state index in [0.29, 0.717) is 5.69 Å². The Hall–Kier alpha value is -2.85. The molecule has 2 rings (SSSR count). The van der Waals surface area contributed by atoms with E-state index in [1.807, 2.05) is 12.1 Å². The molecule has 0 saturated carbocycles. The van der Waals surface area contributed by atoms with Crippen LogP contribution in [0.5, 0.6) is 5.75 Å². The molecule has 6 nitrogen and oxygen atoms in total. The minimum absolute atomic E-state index is 0.159. The molecule has 0 fully saturated rings. The van der Waals surface area contributed by atoms with Crippen molar-refractivity contribution in [2.75, 3.05) is 0 Å². The van der Waals surface area contributed by atoms with Gasteiger partial charge in [-0.2, -0.15) is 4.99 Å². The van der Waals surface area contributed by atoms with Gasteiger partial charge in [0.25, 0.3) is 0 Å². The molecule has 0 spiro atoms.